The molecule has 0 N–H and O–H groups in total. The molecule has 0 saturated heterocycles. The van der Waals surface area contributed by atoms with E-state index in [0.29, 0.717) is 0 Å². The lowest BCUT2D eigenvalue weighted by molar-refractivity contribution is -0.104. The second-order valence-electron chi connectivity index (χ2n) is 4.50. The molecule has 104 valence electrons. The van der Waals surface area contributed by atoms with Gasteiger partial charge in [0.2, 0.25) is 0 Å². The molecule has 2 rings (SSSR count). The van der Waals surface area contributed by atoms with Crippen LogP contribution in [-0.2, 0) is 9.53 Å². The molecule has 0 spiro atoms. The number of carbonyl (C=O) groups is 1. The highest BCUT2D eigenvalue weighted by molar-refractivity contribution is 5.83. The van der Waals surface area contributed by atoms with Crippen molar-refractivity contribution in [2.75, 3.05) is 14.2 Å². The highest BCUT2D eigenvalue weighted by atomic mass is 16.5. The van der Waals surface area contributed by atoms with Crippen molar-refractivity contribution in [1.82, 2.24) is 0 Å². The summed E-state index contributed by atoms with van der Waals surface area (Å²) in [7, 11) is 3.29. The van der Waals surface area contributed by atoms with Gasteiger partial charge in [-0.05, 0) is 47.9 Å². The molecule has 0 amide bonds. The van der Waals surface area contributed by atoms with Gasteiger partial charge in [-0.25, -0.2) is 0 Å². The Kier molecular flexibility index (Phi) is 4.77. The van der Waals surface area contributed by atoms with Gasteiger partial charge in [-0.2, -0.15) is 0 Å². The van der Waals surface area contributed by atoms with Crippen LogP contribution in [0.4, 0.5) is 0 Å². The summed E-state index contributed by atoms with van der Waals surface area (Å²) in [6.07, 6.45) is 9.33. The third-order valence-corrected chi connectivity index (χ3v) is 3.37. The number of ether oxygens (including phenoxy) is 2. The predicted octanol–water partition coefficient (Wildman–Crippen LogP) is 3.38. The molecule has 3 nitrogen and oxygen atoms in total. The summed E-state index contributed by atoms with van der Waals surface area (Å²) < 4.78 is 10.3. The van der Waals surface area contributed by atoms with E-state index < -0.39 is 0 Å². The summed E-state index contributed by atoms with van der Waals surface area (Å²) in [6.45, 7) is 0. The Balaban J connectivity index is 2.24. The van der Waals surface area contributed by atoms with Gasteiger partial charge < -0.3 is 9.47 Å². The molecule has 3 heteroatoms. The lowest BCUT2D eigenvalue weighted by Gasteiger charge is -2.19. The van der Waals surface area contributed by atoms with E-state index in [1.807, 2.05) is 36.4 Å². The molecule has 0 bridgehead atoms. The van der Waals surface area contributed by atoms with Crippen molar-refractivity contribution in [2.24, 2.45) is 5.92 Å². The zero-order valence-electron chi connectivity index (χ0n) is 11.7. The quantitative estimate of drug-likeness (QED) is 0.608. The van der Waals surface area contributed by atoms with Gasteiger partial charge in [0.15, 0.2) is 0 Å². The van der Waals surface area contributed by atoms with E-state index in [9.17, 15) is 4.79 Å². The van der Waals surface area contributed by atoms with Crippen molar-refractivity contribution in [2.45, 2.75) is 6.42 Å². The van der Waals surface area contributed by atoms with E-state index in [4.69, 9.17) is 9.47 Å². The van der Waals surface area contributed by atoms with Crippen LogP contribution in [0, 0.1) is 5.92 Å². The molecule has 0 fully saturated rings. The van der Waals surface area contributed by atoms with Crippen molar-refractivity contribution >= 4 is 11.9 Å². The van der Waals surface area contributed by atoms with E-state index >= 15 is 0 Å². The lowest BCUT2D eigenvalue weighted by atomic mass is 9.87. The monoisotopic (exact) mass is 270 g/mol. The zero-order chi connectivity index (χ0) is 14.4. The molecule has 1 unspecified atom stereocenters. The maximum absolute atomic E-state index is 10.9. The molecule has 1 aliphatic carbocycles. The fourth-order valence-corrected chi connectivity index (χ4v) is 2.27. The predicted molar refractivity (Wildman–Crippen MR) is 79.4 cm³/mol. The fraction of sp³-hybridized carbons (Fsp3) is 0.235. The van der Waals surface area contributed by atoms with Gasteiger partial charge in [-0.3, -0.25) is 4.79 Å². The van der Waals surface area contributed by atoms with Crippen LogP contribution in [0.3, 0.4) is 0 Å². The number of hydrogen-bond acceptors (Lipinski definition) is 3. The van der Waals surface area contributed by atoms with Crippen LogP contribution in [-0.4, -0.2) is 20.5 Å². The summed E-state index contributed by atoms with van der Waals surface area (Å²) in [6, 6.07) is 7.74. The van der Waals surface area contributed by atoms with Gasteiger partial charge in [0, 0.05) is 5.92 Å². The Hall–Kier alpha value is -2.29. The number of hydrogen-bond donors (Lipinski definition) is 0. The Morgan fingerprint density at radius 3 is 2.45 bits per heavy atom. The third kappa shape index (κ3) is 3.18. The summed E-state index contributed by atoms with van der Waals surface area (Å²) >= 11 is 0. The Labute approximate surface area is 119 Å². The SMILES string of the molecule is COC1=CCC(C(=CC=O)c2ccc(OC)cc2)C=C1. The highest BCUT2D eigenvalue weighted by Crippen LogP contribution is 2.31. The molecule has 1 atom stereocenters. The van der Waals surface area contributed by atoms with Crippen molar-refractivity contribution in [1.29, 1.82) is 0 Å². The minimum Gasteiger partial charge on any atom is -0.497 e. The number of rotatable bonds is 5. The van der Waals surface area contributed by atoms with Crippen molar-refractivity contribution in [3.63, 3.8) is 0 Å². The maximum atomic E-state index is 10.9. The van der Waals surface area contributed by atoms with Crippen molar-refractivity contribution < 1.29 is 14.3 Å². The van der Waals surface area contributed by atoms with E-state index in [2.05, 4.69) is 6.08 Å². The number of benzene rings is 1. The minimum atomic E-state index is 0.187. The number of methoxy groups -OCH3 is 2. The van der Waals surface area contributed by atoms with E-state index in [1.165, 1.54) is 0 Å². The highest BCUT2D eigenvalue weighted by Gasteiger charge is 2.15. The largest absolute Gasteiger partial charge is 0.497 e. The third-order valence-electron chi connectivity index (χ3n) is 3.37. The summed E-state index contributed by atoms with van der Waals surface area (Å²) in [4.78, 5) is 10.9. The van der Waals surface area contributed by atoms with Crippen molar-refractivity contribution in [3.8, 4) is 5.75 Å². The van der Waals surface area contributed by atoms with E-state index in [-0.39, 0.29) is 5.92 Å². The van der Waals surface area contributed by atoms with Gasteiger partial charge >= 0.3 is 0 Å². The van der Waals surface area contributed by atoms with Gasteiger partial charge in [0.05, 0.1) is 14.2 Å². The maximum Gasteiger partial charge on any atom is 0.143 e. The average Bonchev–Trinajstić information content (AvgIpc) is 2.53. The molecule has 0 aromatic heterocycles. The van der Waals surface area contributed by atoms with Crippen LogP contribution in [0.15, 0.2) is 54.3 Å². The molecule has 1 aromatic carbocycles. The lowest BCUT2D eigenvalue weighted by Crippen LogP contribution is -2.04. The van der Waals surface area contributed by atoms with E-state index in [1.54, 1.807) is 20.3 Å². The molecule has 20 heavy (non-hydrogen) atoms. The van der Waals surface area contributed by atoms with Crippen molar-refractivity contribution in [3.05, 3.63) is 59.9 Å². The van der Waals surface area contributed by atoms with Gasteiger partial charge in [-0.1, -0.05) is 18.2 Å². The zero-order valence-corrected chi connectivity index (χ0v) is 11.7. The van der Waals surface area contributed by atoms with Crippen LogP contribution < -0.4 is 4.74 Å². The summed E-state index contributed by atoms with van der Waals surface area (Å²) in [5.74, 6) is 1.86. The molecule has 0 heterocycles. The Morgan fingerprint density at radius 1 is 1.20 bits per heavy atom. The number of carbonyl (C=O) groups excluding carboxylic acids is 1. The topological polar surface area (TPSA) is 35.5 Å². The first kappa shape index (κ1) is 14.1. The smallest absolute Gasteiger partial charge is 0.143 e. The average molecular weight is 270 g/mol. The van der Waals surface area contributed by atoms with Crippen LogP contribution in [0.25, 0.3) is 5.57 Å². The molecule has 1 aromatic rings. The second kappa shape index (κ2) is 6.75. The van der Waals surface area contributed by atoms with Gasteiger partial charge in [0.1, 0.15) is 17.8 Å². The number of allylic oxidation sites excluding steroid dienone is 5. The first-order valence-electron chi connectivity index (χ1n) is 6.50. The molecular weight excluding hydrogens is 252 g/mol. The van der Waals surface area contributed by atoms with Crippen LogP contribution in [0.2, 0.25) is 0 Å². The van der Waals surface area contributed by atoms with Gasteiger partial charge in [0.25, 0.3) is 0 Å². The second-order valence-corrected chi connectivity index (χ2v) is 4.50. The first-order chi connectivity index (χ1) is 9.78. The van der Waals surface area contributed by atoms with Crippen LogP contribution in [0.5, 0.6) is 5.75 Å². The Bertz CT molecular complexity index is 550. The molecule has 0 aliphatic heterocycles. The summed E-state index contributed by atoms with van der Waals surface area (Å²) in [5.41, 5.74) is 2.03. The van der Waals surface area contributed by atoms with Gasteiger partial charge in [-0.15, -0.1) is 0 Å². The Morgan fingerprint density at radius 2 is 1.95 bits per heavy atom. The molecule has 1 aliphatic rings. The molecular formula is C17H18O3. The first-order valence-corrected chi connectivity index (χ1v) is 6.50. The molecule has 0 radical (unpaired) electrons. The van der Waals surface area contributed by atoms with Crippen LogP contribution in [0.1, 0.15) is 12.0 Å². The fourth-order valence-electron chi connectivity index (χ4n) is 2.27. The van der Waals surface area contributed by atoms with E-state index in [0.717, 1.165) is 35.4 Å². The number of aldehydes is 1. The molecule has 0 saturated carbocycles. The van der Waals surface area contributed by atoms with Crippen LogP contribution >= 0.6 is 0 Å². The summed E-state index contributed by atoms with van der Waals surface area (Å²) in [5, 5.41) is 0. The minimum absolute atomic E-state index is 0.187. The normalized spacial score (nSPS) is 18.4. The standard InChI is InChI=1S/C17H18O3/c1-19-15-7-3-13(4-8-15)17(11-12-18)14-5-9-16(20-2)10-6-14/h3-5,7-12,14H,6H2,1-2H3.